The second-order valence-corrected chi connectivity index (χ2v) is 6.70. The van der Waals surface area contributed by atoms with Crippen molar-refractivity contribution in [1.29, 1.82) is 0 Å². The highest BCUT2D eigenvalue weighted by atomic mass is 16.5. The minimum atomic E-state index is -0.123. The van der Waals surface area contributed by atoms with E-state index in [2.05, 4.69) is 15.1 Å². The van der Waals surface area contributed by atoms with E-state index in [1.165, 1.54) is 12.8 Å². The molecular weight excluding hydrogens is 320 g/mol. The SMILES string of the molecule is CCc1nc(C2CCCN2C(=O)c2ccc(OCC3CC3)nc2)no1. The van der Waals surface area contributed by atoms with Crippen molar-refractivity contribution in [3.63, 3.8) is 0 Å². The molecule has 0 aromatic carbocycles. The normalized spacial score (nSPS) is 20.0. The zero-order valence-corrected chi connectivity index (χ0v) is 14.4. The van der Waals surface area contributed by atoms with Gasteiger partial charge in [0.25, 0.3) is 5.91 Å². The Morgan fingerprint density at radius 3 is 2.92 bits per heavy atom. The first-order valence-electron chi connectivity index (χ1n) is 8.97. The van der Waals surface area contributed by atoms with Gasteiger partial charge < -0.3 is 14.2 Å². The first-order valence-corrected chi connectivity index (χ1v) is 8.97. The molecule has 1 aliphatic heterocycles. The minimum Gasteiger partial charge on any atom is -0.477 e. The molecule has 1 atom stereocenters. The van der Waals surface area contributed by atoms with Crippen LogP contribution in [-0.4, -0.2) is 39.1 Å². The van der Waals surface area contributed by atoms with Crippen molar-refractivity contribution >= 4 is 5.91 Å². The molecule has 2 aromatic rings. The van der Waals surface area contributed by atoms with Gasteiger partial charge in [-0.3, -0.25) is 4.79 Å². The van der Waals surface area contributed by atoms with E-state index in [1.54, 1.807) is 18.3 Å². The van der Waals surface area contributed by atoms with Crippen LogP contribution in [0, 0.1) is 5.92 Å². The first kappa shape index (κ1) is 16.1. The number of pyridine rings is 1. The Labute approximate surface area is 146 Å². The van der Waals surface area contributed by atoms with Crippen LogP contribution in [-0.2, 0) is 6.42 Å². The van der Waals surface area contributed by atoms with Gasteiger partial charge in [0.05, 0.1) is 18.2 Å². The topological polar surface area (TPSA) is 81.4 Å². The Morgan fingerprint density at radius 1 is 1.36 bits per heavy atom. The highest BCUT2D eigenvalue weighted by Gasteiger charge is 2.34. The Kier molecular flexibility index (Phi) is 4.38. The molecule has 0 N–H and O–H groups in total. The third-order valence-electron chi connectivity index (χ3n) is 4.75. The molecule has 0 spiro atoms. The molecular formula is C18H22N4O3. The van der Waals surface area contributed by atoms with E-state index in [0.717, 1.165) is 12.8 Å². The number of hydrogen-bond acceptors (Lipinski definition) is 6. The summed E-state index contributed by atoms with van der Waals surface area (Å²) in [5.74, 6) is 2.41. The number of carbonyl (C=O) groups excluding carboxylic acids is 1. The van der Waals surface area contributed by atoms with E-state index >= 15 is 0 Å². The van der Waals surface area contributed by atoms with Crippen LogP contribution in [0.25, 0.3) is 0 Å². The molecule has 2 fully saturated rings. The van der Waals surface area contributed by atoms with Gasteiger partial charge in [0.15, 0.2) is 5.82 Å². The number of aryl methyl sites for hydroxylation is 1. The number of aromatic nitrogens is 3. The Balaban J connectivity index is 1.45. The summed E-state index contributed by atoms with van der Waals surface area (Å²) >= 11 is 0. The van der Waals surface area contributed by atoms with Crippen LogP contribution in [0.2, 0.25) is 0 Å². The first-order chi connectivity index (χ1) is 12.2. The maximum atomic E-state index is 12.9. The summed E-state index contributed by atoms with van der Waals surface area (Å²) in [5, 5.41) is 4.04. The smallest absolute Gasteiger partial charge is 0.256 e. The summed E-state index contributed by atoms with van der Waals surface area (Å²) in [5.41, 5.74) is 0.560. The quantitative estimate of drug-likeness (QED) is 0.803. The fourth-order valence-electron chi connectivity index (χ4n) is 3.07. The minimum absolute atomic E-state index is 0.0495. The Hall–Kier alpha value is -2.44. The summed E-state index contributed by atoms with van der Waals surface area (Å²) in [6.07, 6.45) is 6.55. The number of likely N-dealkylation sites (tertiary alicyclic amines) is 1. The van der Waals surface area contributed by atoms with Gasteiger partial charge in [0.1, 0.15) is 0 Å². The van der Waals surface area contributed by atoms with Gasteiger partial charge in [-0.1, -0.05) is 12.1 Å². The number of carbonyl (C=O) groups is 1. The maximum Gasteiger partial charge on any atom is 0.256 e. The third kappa shape index (κ3) is 3.50. The predicted octanol–water partition coefficient (Wildman–Crippen LogP) is 2.79. The van der Waals surface area contributed by atoms with Crippen molar-refractivity contribution in [2.75, 3.05) is 13.2 Å². The monoisotopic (exact) mass is 342 g/mol. The molecule has 0 radical (unpaired) electrons. The molecule has 1 saturated heterocycles. The van der Waals surface area contributed by atoms with Crippen LogP contribution in [0.4, 0.5) is 0 Å². The molecule has 1 saturated carbocycles. The van der Waals surface area contributed by atoms with Crippen molar-refractivity contribution < 1.29 is 14.1 Å². The molecule has 132 valence electrons. The van der Waals surface area contributed by atoms with Gasteiger partial charge in [-0.15, -0.1) is 0 Å². The molecule has 2 aromatic heterocycles. The van der Waals surface area contributed by atoms with E-state index in [0.29, 0.717) is 48.6 Å². The summed E-state index contributed by atoms with van der Waals surface area (Å²) in [7, 11) is 0. The summed E-state index contributed by atoms with van der Waals surface area (Å²) in [6, 6.07) is 3.42. The molecule has 7 heteroatoms. The van der Waals surface area contributed by atoms with Crippen LogP contribution in [0.1, 0.15) is 60.7 Å². The van der Waals surface area contributed by atoms with Gasteiger partial charge in [-0.05, 0) is 37.7 Å². The van der Waals surface area contributed by atoms with Crippen LogP contribution < -0.4 is 4.74 Å². The largest absolute Gasteiger partial charge is 0.477 e. The molecule has 7 nitrogen and oxygen atoms in total. The number of nitrogens with zero attached hydrogens (tertiary/aromatic N) is 4. The summed E-state index contributed by atoms with van der Waals surface area (Å²) < 4.78 is 10.8. The van der Waals surface area contributed by atoms with Gasteiger partial charge in [-0.25, -0.2) is 4.98 Å². The Bertz CT molecular complexity index is 739. The number of ether oxygens (including phenoxy) is 1. The standard InChI is InChI=1S/C18H22N4O3/c1-2-15-20-17(21-25-15)14-4-3-9-22(14)18(23)13-7-8-16(19-10-13)24-11-12-5-6-12/h7-8,10,12,14H,2-6,9,11H2,1H3. The van der Waals surface area contributed by atoms with Crippen LogP contribution >= 0.6 is 0 Å². The lowest BCUT2D eigenvalue weighted by Gasteiger charge is -2.22. The fourth-order valence-corrected chi connectivity index (χ4v) is 3.07. The average molecular weight is 342 g/mol. The van der Waals surface area contributed by atoms with Gasteiger partial charge in [0, 0.05) is 25.2 Å². The highest BCUT2D eigenvalue weighted by Crippen LogP contribution is 2.32. The number of rotatable bonds is 6. The molecule has 4 rings (SSSR count). The number of hydrogen-bond donors (Lipinski definition) is 0. The Morgan fingerprint density at radius 2 is 2.24 bits per heavy atom. The maximum absolute atomic E-state index is 12.9. The fraction of sp³-hybridized carbons (Fsp3) is 0.556. The molecule has 1 aliphatic carbocycles. The molecule has 1 unspecified atom stereocenters. The van der Waals surface area contributed by atoms with Gasteiger partial charge in [0.2, 0.25) is 11.8 Å². The van der Waals surface area contributed by atoms with Crippen molar-refractivity contribution in [2.45, 2.75) is 45.1 Å². The second kappa shape index (κ2) is 6.82. The summed E-state index contributed by atoms with van der Waals surface area (Å²) in [6.45, 7) is 3.37. The number of amides is 1. The molecule has 3 heterocycles. The van der Waals surface area contributed by atoms with Gasteiger partial charge >= 0.3 is 0 Å². The van der Waals surface area contributed by atoms with Crippen LogP contribution in [0.15, 0.2) is 22.9 Å². The van der Waals surface area contributed by atoms with Crippen molar-refractivity contribution in [3.05, 3.63) is 35.6 Å². The molecule has 25 heavy (non-hydrogen) atoms. The van der Waals surface area contributed by atoms with E-state index in [4.69, 9.17) is 9.26 Å². The molecule has 0 bridgehead atoms. The van der Waals surface area contributed by atoms with E-state index in [9.17, 15) is 4.79 Å². The second-order valence-electron chi connectivity index (χ2n) is 6.70. The lowest BCUT2D eigenvalue weighted by Crippen LogP contribution is -2.31. The zero-order valence-electron chi connectivity index (χ0n) is 14.4. The van der Waals surface area contributed by atoms with Gasteiger partial charge in [-0.2, -0.15) is 4.98 Å². The van der Waals surface area contributed by atoms with E-state index < -0.39 is 0 Å². The van der Waals surface area contributed by atoms with Crippen molar-refractivity contribution in [2.24, 2.45) is 5.92 Å². The average Bonchev–Trinajstić information content (AvgIpc) is 3.15. The lowest BCUT2D eigenvalue weighted by atomic mass is 10.2. The van der Waals surface area contributed by atoms with E-state index in [1.807, 2.05) is 11.8 Å². The zero-order chi connectivity index (χ0) is 17.2. The summed E-state index contributed by atoms with van der Waals surface area (Å²) in [4.78, 5) is 23.3. The van der Waals surface area contributed by atoms with Crippen LogP contribution in [0.3, 0.4) is 0 Å². The van der Waals surface area contributed by atoms with Crippen LogP contribution in [0.5, 0.6) is 5.88 Å². The molecule has 2 aliphatic rings. The third-order valence-corrected chi connectivity index (χ3v) is 4.75. The van der Waals surface area contributed by atoms with Crippen molar-refractivity contribution in [1.82, 2.24) is 20.0 Å². The highest BCUT2D eigenvalue weighted by molar-refractivity contribution is 5.94. The van der Waals surface area contributed by atoms with Crippen molar-refractivity contribution in [3.8, 4) is 5.88 Å². The van der Waals surface area contributed by atoms with E-state index in [-0.39, 0.29) is 11.9 Å². The molecule has 1 amide bonds. The lowest BCUT2D eigenvalue weighted by molar-refractivity contribution is 0.0728. The predicted molar refractivity (Wildman–Crippen MR) is 89.1 cm³/mol.